The highest BCUT2D eigenvalue weighted by atomic mass is 16.4. The van der Waals surface area contributed by atoms with E-state index < -0.39 is 11.9 Å². The van der Waals surface area contributed by atoms with Gasteiger partial charge in [-0.3, -0.25) is 9.59 Å². The van der Waals surface area contributed by atoms with E-state index in [-0.39, 0.29) is 0 Å². The van der Waals surface area contributed by atoms with Crippen LogP contribution in [-0.4, -0.2) is 22.2 Å². The minimum Gasteiger partial charge on any atom is -0.481 e. The topological polar surface area (TPSA) is 74.6 Å². The summed E-state index contributed by atoms with van der Waals surface area (Å²) in [7, 11) is 0. The van der Waals surface area contributed by atoms with Gasteiger partial charge in [-0.2, -0.15) is 0 Å². The van der Waals surface area contributed by atoms with E-state index in [1.54, 1.807) is 0 Å². The monoisotopic (exact) mass is 368 g/mol. The SMILES string of the molecule is C=CCCCCCCCCC(=O)O.C=CCCCCCCCCC(=O)O. The van der Waals surface area contributed by atoms with Crippen LogP contribution in [0, 0.1) is 0 Å². The van der Waals surface area contributed by atoms with E-state index in [1.165, 1.54) is 51.4 Å². The lowest BCUT2D eigenvalue weighted by atomic mass is 10.1. The van der Waals surface area contributed by atoms with Gasteiger partial charge in [0.1, 0.15) is 0 Å². The second kappa shape index (κ2) is 23.4. The third kappa shape index (κ3) is 30.3. The Labute approximate surface area is 160 Å². The molecular weight excluding hydrogens is 328 g/mol. The fourth-order valence-corrected chi connectivity index (χ4v) is 2.54. The fraction of sp³-hybridized carbons (Fsp3) is 0.727. The van der Waals surface area contributed by atoms with Crippen LogP contribution in [0.25, 0.3) is 0 Å². The van der Waals surface area contributed by atoms with Crippen LogP contribution in [-0.2, 0) is 9.59 Å². The van der Waals surface area contributed by atoms with Crippen LogP contribution in [0.4, 0.5) is 0 Å². The highest BCUT2D eigenvalue weighted by Crippen LogP contribution is 2.09. The van der Waals surface area contributed by atoms with Crippen LogP contribution in [0.15, 0.2) is 25.3 Å². The average Bonchev–Trinajstić information content (AvgIpc) is 2.60. The van der Waals surface area contributed by atoms with Crippen molar-refractivity contribution in [3.8, 4) is 0 Å². The van der Waals surface area contributed by atoms with Gasteiger partial charge in [-0.15, -0.1) is 13.2 Å². The van der Waals surface area contributed by atoms with Gasteiger partial charge >= 0.3 is 11.9 Å². The number of unbranched alkanes of at least 4 members (excludes halogenated alkanes) is 12. The molecule has 0 heterocycles. The second-order valence-corrected chi connectivity index (χ2v) is 6.68. The molecule has 0 bridgehead atoms. The molecule has 0 spiro atoms. The Bertz CT molecular complexity index is 316. The fourth-order valence-electron chi connectivity index (χ4n) is 2.54. The van der Waals surface area contributed by atoms with Gasteiger partial charge in [0.2, 0.25) is 0 Å². The molecule has 0 radical (unpaired) electrons. The lowest BCUT2D eigenvalue weighted by Crippen LogP contribution is -1.93. The molecule has 0 unspecified atom stereocenters. The Morgan fingerprint density at radius 2 is 0.808 bits per heavy atom. The molecule has 0 amide bonds. The normalized spacial score (nSPS) is 9.85. The van der Waals surface area contributed by atoms with E-state index in [4.69, 9.17) is 10.2 Å². The lowest BCUT2D eigenvalue weighted by molar-refractivity contribution is -0.138. The molecule has 0 aliphatic rings. The first-order valence-electron chi connectivity index (χ1n) is 10.2. The van der Waals surface area contributed by atoms with Crippen LogP contribution in [0.2, 0.25) is 0 Å². The minimum absolute atomic E-state index is 0.326. The largest absolute Gasteiger partial charge is 0.481 e. The zero-order valence-electron chi connectivity index (χ0n) is 16.6. The van der Waals surface area contributed by atoms with Crippen molar-refractivity contribution in [2.45, 2.75) is 103 Å². The van der Waals surface area contributed by atoms with Crippen LogP contribution < -0.4 is 0 Å². The van der Waals surface area contributed by atoms with Crippen molar-refractivity contribution in [3.63, 3.8) is 0 Å². The molecule has 2 N–H and O–H groups in total. The molecule has 152 valence electrons. The number of allylic oxidation sites excluding steroid dienone is 2. The van der Waals surface area contributed by atoms with E-state index in [1.807, 2.05) is 12.2 Å². The molecule has 4 heteroatoms. The molecule has 0 aromatic rings. The molecule has 0 rings (SSSR count). The zero-order valence-corrected chi connectivity index (χ0v) is 16.6. The van der Waals surface area contributed by atoms with Crippen molar-refractivity contribution in [3.05, 3.63) is 25.3 Å². The summed E-state index contributed by atoms with van der Waals surface area (Å²) in [6, 6.07) is 0. The van der Waals surface area contributed by atoms with Crippen LogP contribution >= 0.6 is 0 Å². The molecule has 0 aromatic carbocycles. The number of hydrogen-bond acceptors (Lipinski definition) is 2. The number of aliphatic carboxylic acids is 2. The minimum atomic E-state index is -0.674. The number of carboxylic acid groups (broad SMARTS) is 2. The standard InChI is InChI=1S/2C11H20O2/c2*1-2-3-4-5-6-7-8-9-10-11(12)13/h2*2H,1,3-10H2,(H,12,13). The summed E-state index contributed by atoms with van der Waals surface area (Å²) in [5, 5.41) is 16.8. The van der Waals surface area contributed by atoms with E-state index in [0.29, 0.717) is 12.8 Å². The third-order valence-corrected chi connectivity index (χ3v) is 4.10. The molecule has 0 atom stereocenters. The summed E-state index contributed by atoms with van der Waals surface area (Å²) in [6.07, 6.45) is 20.3. The smallest absolute Gasteiger partial charge is 0.303 e. The van der Waals surface area contributed by atoms with Gasteiger partial charge in [0.25, 0.3) is 0 Å². The van der Waals surface area contributed by atoms with E-state index in [0.717, 1.165) is 38.5 Å². The molecule has 0 aromatic heterocycles. The summed E-state index contributed by atoms with van der Waals surface area (Å²) >= 11 is 0. The van der Waals surface area contributed by atoms with Crippen LogP contribution in [0.5, 0.6) is 0 Å². The number of carbonyl (C=O) groups is 2. The van der Waals surface area contributed by atoms with Crippen molar-refractivity contribution < 1.29 is 19.8 Å². The van der Waals surface area contributed by atoms with Crippen molar-refractivity contribution in [1.29, 1.82) is 0 Å². The third-order valence-electron chi connectivity index (χ3n) is 4.10. The Kier molecular flexibility index (Phi) is 24.0. The molecular formula is C22H40O4. The van der Waals surface area contributed by atoms with Gasteiger partial charge in [0.05, 0.1) is 0 Å². The van der Waals surface area contributed by atoms with Gasteiger partial charge in [-0.25, -0.2) is 0 Å². The Morgan fingerprint density at radius 3 is 1.08 bits per heavy atom. The predicted molar refractivity (Wildman–Crippen MR) is 110 cm³/mol. The lowest BCUT2D eigenvalue weighted by Gasteiger charge is -1.98. The first-order valence-corrected chi connectivity index (χ1v) is 10.2. The summed E-state index contributed by atoms with van der Waals surface area (Å²) in [6.45, 7) is 7.32. The van der Waals surface area contributed by atoms with Gasteiger partial charge in [-0.1, -0.05) is 63.5 Å². The van der Waals surface area contributed by atoms with Gasteiger partial charge in [0.15, 0.2) is 0 Å². The highest BCUT2D eigenvalue weighted by molar-refractivity contribution is 5.66. The quantitative estimate of drug-likeness (QED) is 0.207. The van der Waals surface area contributed by atoms with E-state index in [2.05, 4.69) is 13.2 Å². The first kappa shape index (κ1) is 26.6. The maximum Gasteiger partial charge on any atom is 0.303 e. The summed E-state index contributed by atoms with van der Waals surface area (Å²) in [5.74, 6) is -1.35. The molecule has 0 aliphatic carbocycles. The zero-order chi connectivity index (χ0) is 19.9. The van der Waals surface area contributed by atoms with Crippen molar-refractivity contribution in [2.75, 3.05) is 0 Å². The Balaban J connectivity index is 0. The van der Waals surface area contributed by atoms with Crippen LogP contribution in [0.3, 0.4) is 0 Å². The van der Waals surface area contributed by atoms with Crippen molar-refractivity contribution in [1.82, 2.24) is 0 Å². The number of hydrogen-bond donors (Lipinski definition) is 2. The maximum absolute atomic E-state index is 10.2. The highest BCUT2D eigenvalue weighted by Gasteiger charge is 1.96. The molecule has 0 saturated heterocycles. The van der Waals surface area contributed by atoms with E-state index >= 15 is 0 Å². The maximum atomic E-state index is 10.2. The Morgan fingerprint density at radius 1 is 0.538 bits per heavy atom. The second-order valence-electron chi connectivity index (χ2n) is 6.68. The molecule has 26 heavy (non-hydrogen) atoms. The first-order chi connectivity index (χ1) is 12.5. The van der Waals surface area contributed by atoms with Gasteiger partial charge < -0.3 is 10.2 Å². The number of rotatable bonds is 18. The Hall–Kier alpha value is -1.58. The van der Waals surface area contributed by atoms with E-state index in [9.17, 15) is 9.59 Å². The van der Waals surface area contributed by atoms with Crippen molar-refractivity contribution >= 4 is 11.9 Å². The predicted octanol–water partition coefficient (Wildman–Crippen LogP) is 6.76. The summed E-state index contributed by atoms with van der Waals surface area (Å²) in [5.41, 5.74) is 0. The summed E-state index contributed by atoms with van der Waals surface area (Å²) < 4.78 is 0. The summed E-state index contributed by atoms with van der Waals surface area (Å²) in [4.78, 5) is 20.3. The van der Waals surface area contributed by atoms with Crippen LogP contribution in [0.1, 0.15) is 103 Å². The molecule has 4 nitrogen and oxygen atoms in total. The van der Waals surface area contributed by atoms with Crippen molar-refractivity contribution in [2.24, 2.45) is 0 Å². The van der Waals surface area contributed by atoms with Gasteiger partial charge in [0, 0.05) is 12.8 Å². The average molecular weight is 369 g/mol. The van der Waals surface area contributed by atoms with Gasteiger partial charge in [-0.05, 0) is 38.5 Å². The molecule has 0 aliphatic heterocycles. The molecule has 0 fully saturated rings. The number of carboxylic acids is 2. The molecule has 0 saturated carbocycles.